The molecule has 1 fully saturated rings. The molecule has 0 aliphatic carbocycles. The standard InChI is InChI=1S/C16H21NO4S/c1-3-17(16(14(18)19)9-12(2)22-11-16)15(20)21-10-13-7-5-4-6-8-13/h4-8,12H,3,9-11H2,1-2H3,(H,18,19). The van der Waals surface area contributed by atoms with E-state index in [-0.39, 0.29) is 11.9 Å². The summed E-state index contributed by atoms with van der Waals surface area (Å²) in [4.78, 5) is 25.5. The summed E-state index contributed by atoms with van der Waals surface area (Å²) in [5.74, 6) is -0.555. The number of nitrogens with zero attached hydrogens (tertiary/aromatic N) is 1. The van der Waals surface area contributed by atoms with Crippen LogP contribution in [0.1, 0.15) is 25.8 Å². The number of carboxylic acids is 1. The molecular formula is C16H21NO4S. The molecule has 22 heavy (non-hydrogen) atoms. The average molecular weight is 323 g/mol. The van der Waals surface area contributed by atoms with E-state index in [1.54, 1.807) is 18.7 Å². The highest BCUT2D eigenvalue weighted by Gasteiger charge is 2.51. The van der Waals surface area contributed by atoms with E-state index < -0.39 is 17.6 Å². The average Bonchev–Trinajstić information content (AvgIpc) is 2.90. The minimum absolute atomic E-state index is 0.147. The van der Waals surface area contributed by atoms with Gasteiger partial charge in [-0.1, -0.05) is 37.3 Å². The highest BCUT2D eigenvalue weighted by molar-refractivity contribution is 8.00. The van der Waals surface area contributed by atoms with Gasteiger partial charge in [0.2, 0.25) is 0 Å². The van der Waals surface area contributed by atoms with Crippen molar-refractivity contribution in [3.63, 3.8) is 0 Å². The van der Waals surface area contributed by atoms with Gasteiger partial charge < -0.3 is 9.84 Å². The van der Waals surface area contributed by atoms with Crippen LogP contribution in [-0.2, 0) is 16.1 Å². The van der Waals surface area contributed by atoms with E-state index in [4.69, 9.17) is 4.74 Å². The van der Waals surface area contributed by atoms with Crippen LogP contribution in [0.3, 0.4) is 0 Å². The molecule has 2 rings (SSSR count). The van der Waals surface area contributed by atoms with Gasteiger partial charge in [-0.3, -0.25) is 4.90 Å². The van der Waals surface area contributed by atoms with Crippen molar-refractivity contribution in [1.29, 1.82) is 0 Å². The van der Waals surface area contributed by atoms with Crippen LogP contribution in [0, 0.1) is 0 Å². The fourth-order valence-electron chi connectivity index (χ4n) is 2.73. The summed E-state index contributed by atoms with van der Waals surface area (Å²) in [6.07, 6.45) is -0.121. The van der Waals surface area contributed by atoms with Gasteiger partial charge >= 0.3 is 12.1 Å². The Kier molecular flexibility index (Phi) is 5.34. The highest BCUT2D eigenvalue weighted by atomic mass is 32.2. The highest BCUT2D eigenvalue weighted by Crippen LogP contribution is 2.39. The number of carbonyl (C=O) groups is 2. The van der Waals surface area contributed by atoms with Crippen LogP contribution in [0.4, 0.5) is 4.79 Å². The Morgan fingerprint density at radius 1 is 1.41 bits per heavy atom. The molecule has 0 radical (unpaired) electrons. The van der Waals surface area contributed by atoms with E-state index in [0.717, 1.165) is 5.56 Å². The maximum Gasteiger partial charge on any atom is 0.411 e. The Labute approximate surface area is 134 Å². The van der Waals surface area contributed by atoms with Crippen molar-refractivity contribution in [3.05, 3.63) is 35.9 Å². The summed E-state index contributed by atoms with van der Waals surface area (Å²) >= 11 is 1.58. The molecule has 120 valence electrons. The summed E-state index contributed by atoms with van der Waals surface area (Å²) in [5, 5.41) is 9.87. The lowest BCUT2D eigenvalue weighted by Gasteiger charge is -2.35. The summed E-state index contributed by atoms with van der Waals surface area (Å²) in [7, 11) is 0. The van der Waals surface area contributed by atoms with Crippen molar-refractivity contribution >= 4 is 23.8 Å². The van der Waals surface area contributed by atoms with E-state index in [2.05, 4.69) is 0 Å². The molecule has 1 N–H and O–H groups in total. The van der Waals surface area contributed by atoms with Crippen molar-refractivity contribution in [1.82, 2.24) is 4.90 Å². The van der Waals surface area contributed by atoms with Gasteiger partial charge in [-0.15, -0.1) is 0 Å². The van der Waals surface area contributed by atoms with Crippen molar-refractivity contribution in [2.45, 2.75) is 37.7 Å². The molecule has 2 unspecified atom stereocenters. The van der Waals surface area contributed by atoms with Crippen LogP contribution in [0.15, 0.2) is 30.3 Å². The molecule has 1 aliphatic rings. The minimum Gasteiger partial charge on any atom is -0.479 e. The lowest BCUT2D eigenvalue weighted by molar-refractivity contribution is -0.149. The summed E-state index contributed by atoms with van der Waals surface area (Å²) in [5.41, 5.74) is -0.280. The van der Waals surface area contributed by atoms with Crippen LogP contribution in [-0.4, -0.2) is 45.2 Å². The van der Waals surface area contributed by atoms with Crippen LogP contribution in [0.5, 0.6) is 0 Å². The Morgan fingerprint density at radius 2 is 2.09 bits per heavy atom. The van der Waals surface area contributed by atoms with Crippen molar-refractivity contribution < 1.29 is 19.4 Å². The van der Waals surface area contributed by atoms with Crippen molar-refractivity contribution in [3.8, 4) is 0 Å². The molecule has 0 bridgehead atoms. The number of rotatable bonds is 5. The third kappa shape index (κ3) is 3.38. The Hall–Kier alpha value is -1.69. The normalized spacial score (nSPS) is 24.0. The number of likely N-dealkylation sites (N-methyl/N-ethyl adjacent to an activating group) is 1. The smallest absolute Gasteiger partial charge is 0.411 e. The van der Waals surface area contributed by atoms with E-state index in [1.165, 1.54) is 4.90 Å². The summed E-state index contributed by atoms with van der Waals surface area (Å²) in [6, 6.07) is 9.36. The summed E-state index contributed by atoms with van der Waals surface area (Å²) in [6.45, 7) is 4.22. The molecule has 1 aromatic rings. The molecule has 2 atom stereocenters. The molecule has 0 aromatic heterocycles. The summed E-state index contributed by atoms with van der Waals surface area (Å²) < 4.78 is 5.32. The Balaban J connectivity index is 2.09. The predicted molar refractivity (Wildman–Crippen MR) is 85.9 cm³/mol. The Morgan fingerprint density at radius 3 is 2.59 bits per heavy atom. The van der Waals surface area contributed by atoms with Gasteiger partial charge in [0.1, 0.15) is 6.61 Å². The first-order valence-corrected chi connectivity index (χ1v) is 8.38. The van der Waals surface area contributed by atoms with Crippen LogP contribution in [0.2, 0.25) is 0 Å². The van der Waals surface area contributed by atoms with E-state index in [9.17, 15) is 14.7 Å². The second-order valence-corrected chi connectivity index (χ2v) is 6.87. The lowest BCUT2D eigenvalue weighted by atomic mass is 9.94. The Bertz CT molecular complexity index is 536. The van der Waals surface area contributed by atoms with Crippen LogP contribution in [0.25, 0.3) is 0 Å². The maximum absolute atomic E-state index is 12.4. The first kappa shape index (κ1) is 16.7. The van der Waals surface area contributed by atoms with Crippen molar-refractivity contribution in [2.75, 3.05) is 12.3 Å². The number of hydrogen-bond acceptors (Lipinski definition) is 4. The molecule has 1 aliphatic heterocycles. The van der Waals surface area contributed by atoms with Crippen molar-refractivity contribution in [2.24, 2.45) is 0 Å². The van der Waals surface area contributed by atoms with Gasteiger partial charge in [-0.2, -0.15) is 11.8 Å². The van der Waals surface area contributed by atoms with Gasteiger partial charge in [-0.05, 0) is 18.9 Å². The zero-order valence-corrected chi connectivity index (χ0v) is 13.6. The first-order valence-electron chi connectivity index (χ1n) is 7.33. The number of carboxylic acid groups (broad SMARTS) is 1. The fraction of sp³-hybridized carbons (Fsp3) is 0.500. The third-order valence-corrected chi connectivity index (χ3v) is 5.27. The van der Waals surface area contributed by atoms with Crippen LogP contribution < -0.4 is 0 Å². The SMILES string of the molecule is CCN(C(=O)OCc1ccccc1)C1(C(=O)O)CSC(C)C1. The van der Waals surface area contributed by atoms with Crippen LogP contribution >= 0.6 is 11.8 Å². The molecule has 0 spiro atoms. The second-order valence-electron chi connectivity index (χ2n) is 5.45. The van der Waals surface area contributed by atoms with Gasteiger partial charge in [0.15, 0.2) is 5.54 Å². The number of thioether (sulfide) groups is 1. The first-order chi connectivity index (χ1) is 10.5. The number of aliphatic carboxylic acids is 1. The fourth-order valence-corrected chi connectivity index (χ4v) is 4.08. The number of amides is 1. The molecule has 1 amide bonds. The number of hydrogen-bond donors (Lipinski definition) is 1. The third-order valence-electron chi connectivity index (χ3n) is 3.89. The van der Waals surface area contributed by atoms with E-state index in [0.29, 0.717) is 18.7 Å². The van der Waals surface area contributed by atoms with E-state index >= 15 is 0 Å². The monoisotopic (exact) mass is 323 g/mol. The second kappa shape index (κ2) is 7.05. The predicted octanol–water partition coefficient (Wildman–Crippen LogP) is 2.99. The quantitative estimate of drug-likeness (QED) is 0.902. The number of ether oxygens (including phenoxy) is 1. The lowest BCUT2D eigenvalue weighted by Crippen LogP contribution is -2.57. The molecule has 1 heterocycles. The van der Waals surface area contributed by atoms with Gasteiger partial charge in [-0.25, -0.2) is 9.59 Å². The van der Waals surface area contributed by atoms with Gasteiger partial charge in [0, 0.05) is 17.5 Å². The molecule has 5 nitrogen and oxygen atoms in total. The topological polar surface area (TPSA) is 66.8 Å². The molecular weight excluding hydrogens is 302 g/mol. The molecule has 1 saturated heterocycles. The largest absolute Gasteiger partial charge is 0.479 e. The molecule has 1 aromatic carbocycles. The zero-order chi connectivity index (χ0) is 16.2. The zero-order valence-electron chi connectivity index (χ0n) is 12.8. The maximum atomic E-state index is 12.4. The molecule has 6 heteroatoms. The minimum atomic E-state index is -1.16. The molecule has 0 saturated carbocycles. The van der Waals surface area contributed by atoms with E-state index in [1.807, 2.05) is 37.3 Å². The van der Waals surface area contributed by atoms with Gasteiger partial charge in [0.05, 0.1) is 0 Å². The van der Waals surface area contributed by atoms with Gasteiger partial charge in [0.25, 0.3) is 0 Å². The number of benzene rings is 1. The number of carbonyl (C=O) groups excluding carboxylic acids is 1.